The molecular weight excluding hydrogens is 286 g/mol. The van der Waals surface area contributed by atoms with Gasteiger partial charge in [-0.1, -0.05) is 12.1 Å². The Morgan fingerprint density at radius 3 is 2.76 bits per heavy atom. The zero-order valence-corrected chi connectivity index (χ0v) is 12.5. The second kappa shape index (κ2) is 7.01. The highest BCUT2D eigenvalue weighted by atomic mass is 32.1. The molecule has 1 aromatic carbocycles. The van der Waals surface area contributed by atoms with E-state index < -0.39 is 5.91 Å². The van der Waals surface area contributed by atoms with E-state index in [1.165, 1.54) is 6.92 Å². The molecule has 2 aromatic rings. The lowest BCUT2D eigenvalue weighted by Crippen LogP contribution is -2.15. The first-order chi connectivity index (χ1) is 10.1. The molecule has 0 radical (unpaired) electrons. The first-order valence-electron chi connectivity index (χ1n) is 6.49. The Hall–Kier alpha value is -2.18. The third-order valence-electron chi connectivity index (χ3n) is 2.88. The van der Waals surface area contributed by atoms with Crippen molar-refractivity contribution >= 4 is 28.8 Å². The van der Waals surface area contributed by atoms with Gasteiger partial charge in [-0.25, -0.2) is 0 Å². The molecule has 0 aliphatic heterocycles. The lowest BCUT2D eigenvalue weighted by atomic mass is 10.1. The molecule has 0 bridgehead atoms. The zero-order valence-electron chi connectivity index (χ0n) is 11.7. The van der Waals surface area contributed by atoms with E-state index >= 15 is 0 Å². The first-order valence-corrected chi connectivity index (χ1v) is 7.37. The van der Waals surface area contributed by atoms with Crippen LogP contribution in [0.3, 0.4) is 0 Å². The number of primary amides is 1. The number of hydrogen-bond acceptors (Lipinski definition) is 4. The van der Waals surface area contributed by atoms with E-state index in [9.17, 15) is 9.59 Å². The fraction of sp³-hybridized carbons (Fsp3) is 0.200. The minimum absolute atomic E-state index is 0.0798. The van der Waals surface area contributed by atoms with E-state index in [0.717, 1.165) is 16.1 Å². The molecule has 2 amide bonds. The van der Waals surface area contributed by atoms with E-state index in [0.29, 0.717) is 18.7 Å². The molecule has 0 spiro atoms. The van der Waals surface area contributed by atoms with Gasteiger partial charge in [0.25, 0.3) is 0 Å². The third kappa shape index (κ3) is 4.40. The average molecular weight is 303 g/mol. The van der Waals surface area contributed by atoms with Crippen LogP contribution in [0.4, 0.5) is 5.69 Å². The van der Waals surface area contributed by atoms with Crippen LogP contribution < -0.4 is 16.4 Å². The molecule has 0 aliphatic rings. The molecule has 1 heterocycles. The van der Waals surface area contributed by atoms with Crippen LogP contribution in [-0.2, 0) is 17.9 Å². The monoisotopic (exact) mass is 303 g/mol. The molecule has 110 valence electrons. The van der Waals surface area contributed by atoms with Gasteiger partial charge in [0.1, 0.15) is 0 Å². The summed E-state index contributed by atoms with van der Waals surface area (Å²) in [6.07, 6.45) is 0. The number of benzene rings is 1. The van der Waals surface area contributed by atoms with E-state index in [2.05, 4.69) is 10.6 Å². The van der Waals surface area contributed by atoms with Crippen molar-refractivity contribution < 1.29 is 9.59 Å². The molecule has 1 aromatic heterocycles. The van der Waals surface area contributed by atoms with Crippen molar-refractivity contribution in [3.63, 3.8) is 0 Å². The van der Waals surface area contributed by atoms with Crippen LogP contribution in [0, 0.1) is 0 Å². The van der Waals surface area contributed by atoms with Gasteiger partial charge < -0.3 is 16.4 Å². The number of carbonyl (C=O) groups excluding carboxylic acids is 2. The SMILES string of the molecule is CC(=O)Nc1ccsc1CNCc1cccc(C(N)=O)c1. The van der Waals surface area contributed by atoms with E-state index in [4.69, 9.17) is 5.73 Å². The highest BCUT2D eigenvalue weighted by molar-refractivity contribution is 7.10. The predicted molar refractivity (Wildman–Crippen MR) is 84.1 cm³/mol. The summed E-state index contributed by atoms with van der Waals surface area (Å²) >= 11 is 1.58. The highest BCUT2D eigenvalue weighted by Crippen LogP contribution is 2.22. The maximum absolute atomic E-state index is 11.1. The van der Waals surface area contributed by atoms with Gasteiger partial charge in [0.15, 0.2) is 0 Å². The number of hydrogen-bond donors (Lipinski definition) is 3. The van der Waals surface area contributed by atoms with Crippen molar-refractivity contribution in [3.8, 4) is 0 Å². The second-order valence-corrected chi connectivity index (χ2v) is 5.61. The summed E-state index contributed by atoms with van der Waals surface area (Å²) < 4.78 is 0. The Labute approximate surface area is 127 Å². The Morgan fingerprint density at radius 1 is 1.24 bits per heavy atom. The van der Waals surface area contributed by atoms with Gasteiger partial charge >= 0.3 is 0 Å². The Kier molecular flexibility index (Phi) is 5.08. The fourth-order valence-electron chi connectivity index (χ4n) is 1.93. The lowest BCUT2D eigenvalue weighted by molar-refractivity contribution is -0.114. The smallest absolute Gasteiger partial charge is 0.248 e. The molecule has 0 saturated carbocycles. The molecule has 6 heteroatoms. The van der Waals surface area contributed by atoms with Crippen LogP contribution >= 0.6 is 11.3 Å². The van der Waals surface area contributed by atoms with E-state index in [1.807, 2.05) is 23.6 Å². The minimum atomic E-state index is -0.428. The summed E-state index contributed by atoms with van der Waals surface area (Å²) in [5.41, 5.74) is 7.59. The van der Waals surface area contributed by atoms with Gasteiger partial charge in [-0.3, -0.25) is 9.59 Å². The number of nitrogens with two attached hydrogens (primary N) is 1. The number of rotatable bonds is 6. The predicted octanol–water partition coefficient (Wildman–Crippen LogP) is 2.10. The Bertz CT molecular complexity index is 652. The molecular formula is C15H17N3O2S. The first kappa shape index (κ1) is 15.2. The van der Waals surface area contributed by atoms with Crippen LogP contribution in [0.15, 0.2) is 35.7 Å². The van der Waals surface area contributed by atoms with Crippen LogP contribution in [0.1, 0.15) is 27.7 Å². The maximum atomic E-state index is 11.1. The molecule has 21 heavy (non-hydrogen) atoms. The van der Waals surface area contributed by atoms with Crippen molar-refractivity contribution in [2.45, 2.75) is 20.0 Å². The number of nitrogens with one attached hydrogen (secondary N) is 2. The van der Waals surface area contributed by atoms with Crippen molar-refractivity contribution in [3.05, 3.63) is 51.7 Å². The van der Waals surface area contributed by atoms with E-state index in [1.54, 1.807) is 23.5 Å². The van der Waals surface area contributed by atoms with E-state index in [-0.39, 0.29) is 5.91 Å². The number of carbonyl (C=O) groups is 2. The normalized spacial score (nSPS) is 10.3. The van der Waals surface area contributed by atoms with Crippen LogP contribution in [0.5, 0.6) is 0 Å². The average Bonchev–Trinajstić information content (AvgIpc) is 2.86. The molecule has 0 aliphatic carbocycles. The molecule has 0 fully saturated rings. The zero-order chi connectivity index (χ0) is 15.2. The van der Waals surface area contributed by atoms with Crippen LogP contribution in [0.25, 0.3) is 0 Å². The third-order valence-corrected chi connectivity index (χ3v) is 3.80. The molecule has 0 unspecified atom stereocenters. The van der Waals surface area contributed by atoms with Gasteiger partial charge in [0.2, 0.25) is 11.8 Å². The van der Waals surface area contributed by atoms with Gasteiger partial charge in [0.05, 0.1) is 5.69 Å². The summed E-state index contributed by atoms with van der Waals surface area (Å²) in [5.74, 6) is -0.508. The quantitative estimate of drug-likeness (QED) is 0.764. The Balaban J connectivity index is 1.93. The number of amides is 2. The number of thiophene rings is 1. The van der Waals surface area contributed by atoms with Crippen molar-refractivity contribution in [1.82, 2.24) is 5.32 Å². The number of anilines is 1. The largest absolute Gasteiger partial charge is 0.366 e. The maximum Gasteiger partial charge on any atom is 0.248 e. The van der Waals surface area contributed by atoms with Crippen molar-refractivity contribution in [2.75, 3.05) is 5.32 Å². The molecule has 4 N–H and O–H groups in total. The molecule has 0 saturated heterocycles. The second-order valence-electron chi connectivity index (χ2n) is 4.61. The topological polar surface area (TPSA) is 84.2 Å². The highest BCUT2D eigenvalue weighted by Gasteiger charge is 2.06. The summed E-state index contributed by atoms with van der Waals surface area (Å²) in [5, 5.41) is 8.03. The summed E-state index contributed by atoms with van der Waals surface area (Å²) in [7, 11) is 0. The minimum Gasteiger partial charge on any atom is -0.366 e. The summed E-state index contributed by atoms with van der Waals surface area (Å²) in [6.45, 7) is 2.76. The van der Waals surface area contributed by atoms with Gasteiger partial charge in [-0.2, -0.15) is 0 Å². The summed E-state index contributed by atoms with van der Waals surface area (Å²) in [6, 6.07) is 9.10. The van der Waals surface area contributed by atoms with Crippen molar-refractivity contribution in [2.24, 2.45) is 5.73 Å². The fourth-order valence-corrected chi connectivity index (χ4v) is 2.73. The molecule has 5 nitrogen and oxygen atoms in total. The standard InChI is InChI=1S/C15H17N3O2S/c1-10(19)18-13-5-6-21-14(13)9-17-8-11-3-2-4-12(7-11)15(16)20/h2-7,17H,8-9H2,1H3,(H2,16,20)(H,18,19). The Morgan fingerprint density at radius 2 is 2.05 bits per heavy atom. The van der Waals surface area contributed by atoms with Crippen LogP contribution in [-0.4, -0.2) is 11.8 Å². The molecule has 2 rings (SSSR count). The molecule has 0 atom stereocenters. The van der Waals surface area contributed by atoms with Gasteiger partial charge in [0, 0.05) is 30.5 Å². The van der Waals surface area contributed by atoms with Crippen molar-refractivity contribution in [1.29, 1.82) is 0 Å². The van der Waals surface area contributed by atoms with Gasteiger partial charge in [-0.05, 0) is 29.1 Å². The van der Waals surface area contributed by atoms with Crippen LogP contribution in [0.2, 0.25) is 0 Å². The lowest BCUT2D eigenvalue weighted by Gasteiger charge is -2.07. The summed E-state index contributed by atoms with van der Waals surface area (Å²) in [4.78, 5) is 23.3. The van der Waals surface area contributed by atoms with Gasteiger partial charge in [-0.15, -0.1) is 11.3 Å².